The molecule has 0 saturated carbocycles. The van der Waals surface area contributed by atoms with E-state index >= 15 is 0 Å². The van der Waals surface area contributed by atoms with Crippen molar-refractivity contribution in [3.05, 3.63) is 48.6 Å². The minimum absolute atomic E-state index is 0.0469. The van der Waals surface area contributed by atoms with Crippen molar-refractivity contribution in [2.75, 3.05) is 46.0 Å². The first-order chi connectivity index (χ1) is 25.7. The lowest BCUT2D eigenvalue weighted by molar-refractivity contribution is -0.121. The highest BCUT2D eigenvalue weighted by atomic mass is 16.5. The van der Waals surface area contributed by atoms with E-state index in [1.807, 2.05) is 0 Å². The molecule has 0 aromatic rings. The maximum Gasteiger partial charge on any atom is 0.221 e. The van der Waals surface area contributed by atoms with Gasteiger partial charge in [-0.15, -0.1) is 0 Å². The van der Waals surface area contributed by atoms with Crippen LogP contribution in [0, 0.1) is 0 Å². The fraction of sp³-hybridized carbons (Fsp3) is 0.809. The summed E-state index contributed by atoms with van der Waals surface area (Å²) in [7, 11) is 0. The Bertz CT molecular complexity index is 832. The van der Waals surface area contributed by atoms with Crippen LogP contribution in [0.5, 0.6) is 0 Å². The average Bonchev–Trinajstić information content (AvgIpc) is 3.15. The van der Waals surface area contributed by atoms with Gasteiger partial charge in [0.25, 0.3) is 0 Å². The van der Waals surface area contributed by atoms with Gasteiger partial charge in [0.15, 0.2) is 0 Å². The van der Waals surface area contributed by atoms with Gasteiger partial charge < -0.3 is 19.7 Å². The molecule has 0 unspecified atom stereocenters. The summed E-state index contributed by atoms with van der Waals surface area (Å²) in [6.07, 6.45) is 50.2. The number of amides is 1. The number of allylic oxidation sites excluding steroid dienone is 8. The Morgan fingerprint density at radius 1 is 0.558 bits per heavy atom. The first kappa shape index (κ1) is 50.3. The minimum atomic E-state index is 0.0469. The molecule has 0 spiro atoms. The molecule has 304 valence electrons. The van der Waals surface area contributed by atoms with Crippen molar-refractivity contribution in [1.82, 2.24) is 10.2 Å². The van der Waals surface area contributed by atoms with Crippen molar-refractivity contribution in [2.45, 2.75) is 201 Å². The van der Waals surface area contributed by atoms with E-state index in [4.69, 9.17) is 9.47 Å². The van der Waals surface area contributed by atoms with Crippen molar-refractivity contribution in [3.8, 4) is 0 Å². The SMILES string of the molecule is CCCCCC=CCC=CCCCCCCCCOC[C@H](CCNC(=O)CCN(CC)CC)OCCCCCCCCC=CCC=CCCCCC. The number of hydrogen-bond donors (Lipinski definition) is 1. The summed E-state index contributed by atoms with van der Waals surface area (Å²) in [6, 6.07) is 0. The summed E-state index contributed by atoms with van der Waals surface area (Å²) >= 11 is 0. The van der Waals surface area contributed by atoms with Crippen LogP contribution in [0.2, 0.25) is 0 Å². The Kier molecular flexibility index (Phi) is 42.3. The Hall–Kier alpha value is -1.69. The van der Waals surface area contributed by atoms with Crippen molar-refractivity contribution < 1.29 is 14.3 Å². The third-order valence-electron chi connectivity index (χ3n) is 9.83. The summed E-state index contributed by atoms with van der Waals surface area (Å²) < 4.78 is 12.4. The van der Waals surface area contributed by atoms with Gasteiger partial charge in [-0.3, -0.25) is 4.79 Å². The van der Waals surface area contributed by atoms with Gasteiger partial charge >= 0.3 is 0 Å². The predicted molar refractivity (Wildman–Crippen MR) is 229 cm³/mol. The summed E-state index contributed by atoms with van der Waals surface area (Å²) in [5.41, 5.74) is 0. The molecule has 5 nitrogen and oxygen atoms in total. The molecule has 0 fully saturated rings. The number of ether oxygens (including phenoxy) is 2. The fourth-order valence-corrected chi connectivity index (χ4v) is 6.22. The highest BCUT2D eigenvalue weighted by Gasteiger charge is 2.11. The molecule has 0 rings (SSSR count). The molecule has 0 bridgehead atoms. The summed E-state index contributed by atoms with van der Waals surface area (Å²) in [5.74, 6) is 0.137. The lowest BCUT2D eigenvalue weighted by Crippen LogP contribution is -2.33. The molecule has 0 aliphatic rings. The third kappa shape index (κ3) is 39.5. The largest absolute Gasteiger partial charge is 0.379 e. The maximum absolute atomic E-state index is 12.4. The van der Waals surface area contributed by atoms with Gasteiger partial charge in [-0.2, -0.15) is 0 Å². The average molecular weight is 729 g/mol. The first-order valence-corrected chi connectivity index (χ1v) is 22.5. The summed E-state index contributed by atoms with van der Waals surface area (Å²) in [5, 5.41) is 3.12. The Morgan fingerprint density at radius 2 is 1.00 bits per heavy atom. The lowest BCUT2D eigenvalue weighted by Gasteiger charge is -2.19. The van der Waals surface area contributed by atoms with Crippen LogP contribution in [0.3, 0.4) is 0 Å². The van der Waals surface area contributed by atoms with Gasteiger partial charge in [0.1, 0.15) is 0 Å². The smallest absolute Gasteiger partial charge is 0.221 e. The third-order valence-corrected chi connectivity index (χ3v) is 9.83. The van der Waals surface area contributed by atoms with Crippen LogP contribution in [0.25, 0.3) is 0 Å². The van der Waals surface area contributed by atoms with Crippen molar-refractivity contribution in [1.29, 1.82) is 0 Å². The second kappa shape index (κ2) is 43.7. The molecule has 0 aliphatic heterocycles. The molecule has 0 radical (unpaired) electrons. The first-order valence-electron chi connectivity index (χ1n) is 22.5. The zero-order valence-electron chi connectivity index (χ0n) is 35.2. The van der Waals surface area contributed by atoms with Crippen LogP contribution in [0.4, 0.5) is 0 Å². The number of carbonyl (C=O) groups excluding carboxylic acids is 1. The van der Waals surface area contributed by atoms with E-state index in [0.29, 0.717) is 19.6 Å². The maximum atomic E-state index is 12.4. The highest BCUT2D eigenvalue weighted by Crippen LogP contribution is 2.11. The predicted octanol–water partition coefficient (Wildman–Crippen LogP) is 13.3. The van der Waals surface area contributed by atoms with Gasteiger partial charge in [0.05, 0.1) is 12.7 Å². The van der Waals surface area contributed by atoms with E-state index in [2.05, 4.69) is 86.5 Å². The number of nitrogens with zero attached hydrogens (tertiary/aromatic N) is 1. The number of rotatable bonds is 41. The summed E-state index contributed by atoms with van der Waals surface area (Å²) in [6.45, 7) is 14.5. The fourth-order valence-electron chi connectivity index (χ4n) is 6.22. The molecule has 1 amide bonds. The van der Waals surface area contributed by atoms with Crippen molar-refractivity contribution in [3.63, 3.8) is 0 Å². The number of hydrogen-bond acceptors (Lipinski definition) is 4. The number of unbranched alkanes of at least 4 members (excludes halogenated alkanes) is 18. The van der Waals surface area contributed by atoms with Crippen LogP contribution in [-0.4, -0.2) is 62.9 Å². The molecule has 0 aromatic heterocycles. The second-order valence-corrected chi connectivity index (χ2v) is 14.7. The molecule has 0 heterocycles. The highest BCUT2D eigenvalue weighted by molar-refractivity contribution is 5.76. The number of carbonyl (C=O) groups is 1. The molecular weight excluding hydrogens is 641 g/mol. The summed E-state index contributed by atoms with van der Waals surface area (Å²) in [4.78, 5) is 14.7. The number of nitrogens with one attached hydrogen (secondary N) is 1. The van der Waals surface area contributed by atoms with E-state index < -0.39 is 0 Å². The normalized spacial score (nSPS) is 12.9. The molecular formula is C47H88N2O3. The van der Waals surface area contributed by atoms with E-state index in [-0.39, 0.29) is 12.0 Å². The van der Waals surface area contributed by atoms with E-state index in [0.717, 1.165) is 65.0 Å². The molecule has 0 aliphatic carbocycles. The molecule has 0 aromatic carbocycles. The van der Waals surface area contributed by atoms with Crippen LogP contribution in [0.15, 0.2) is 48.6 Å². The van der Waals surface area contributed by atoms with Gasteiger partial charge in [0.2, 0.25) is 5.91 Å². The molecule has 1 atom stereocenters. The lowest BCUT2D eigenvalue weighted by atomic mass is 10.1. The van der Waals surface area contributed by atoms with Gasteiger partial charge in [-0.05, 0) is 96.6 Å². The quantitative estimate of drug-likeness (QED) is 0.0503. The molecule has 52 heavy (non-hydrogen) atoms. The Balaban J connectivity index is 4.09. The Morgan fingerprint density at radius 3 is 1.48 bits per heavy atom. The monoisotopic (exact) mass is 729 g/mol. The second-order valence-electron chi connectivity index (χ2n) is 14.7. The van der Waals surface area contributed by atoms with Gasteiger partial charge in [0, 0.05) is 32.7 Å². The van der Waals surface area contributed by atoms with Crippen LogP contribution in [-0.2, 0) is 14.3 Å². The van der Waals surface area contributed by atoms with E-state index in [1.165, 1.54) is 128 Å². The molecule has 1 N–H and O–H groups in total. The van der Waals surface area contributed by atoms with E-state index in [1.54, 1.807) is 0 Å². The topological polar surface area (TPSA) is 50.8 Å². The zero-order valence-corrected chi connectivity index (χ0v) is 35.2. The van der Waals surface area contributed by atoms with E-state index in [9.17, 15) is 4.79 Å². The van der Waals surface area contributed by atoms with Gasteiger partial charge in [-0.25, -0.2) is 0 Å². The Labute approximate surface area is 324 Å². The zero-order chi connectivity index (χ0) is 37.8. The van der Waals surface area contributed by atoms with Crippen LogP contribution in [0.1, 0.15) is 195 Å². The minimum Gasteiger partial charge on any atom is -0.379 e. The van der Waals surface area contributed by atoms with Crippen LogP contribution >= 0.6 is 0 Å². The van der Waals surface area contributed by atoms with Crippen molar-refractivity contribution in [2.24, 2.45) is 0 Å². The van der Waals surface area contributed by atoms with Gasteiger partial charge in [-0.1, -0.05) is 153 Å². The van der Waals surface area contributed by atoms with Crippen LogP contribution < -0.4 is 5.32 Å². The standard InChI is InChI=1S/C47H88N2O3/c1-5-9-11-13-15-17-19-21-23-25-27-29-31-33-35-37-43-51-45-46(39-41-48-47(50)40-42-49(7-3)8-4)52-44-38-36-34-32-30-28-26-24-22-20-18-16-14-12-10-6-2/h15-18,21-24,46H,5-14,19-20,25-45H2,1-4H3,(H,48,50)/t46-/m0/s1. The molecule has 5 heteroatoms. The molecule has 0 saturated heterocycles. The van der Waals surface area contributed by atoms with Crippen molar-refractivity contribution >= 4 is 5.91 Å².